The first-order valence-electron chi connectivity index (χ1n) is 8.03. The van der Waals surface area contributed by atoms with Gasteiger partial charge in [0.1, 0.15) is 0 Å². The van der Waals surface area contributed by atoms with Gasteiger partial charge in [-0.2, -0.15) is 0 Å². The summed E-state index contributed by atoms with van der Waals surface area (Å²) in [5.74, 6) is 0. The van der Waals surface area contributed by atoms with Gasteiger partial charge in [-0.25, -0.2) is 9.50 Å². The minimum absolute atomic E-state index is 0.335. The average molecular weight is 328 g/mol. The third-order valence-electron chi connectivity index (χ3n) is 4.46. The molecule has 1 saturated heterocycles. The summed E-state index contributed by atoms with van der Waals surface area (Å²) < 4.78 is 1.86. The zero-order valence-corrected chi connectivity index (χ0v) is 13.9. The van der Waals surface area contributed by atoms with E-state index in [2.05, 4.69) is 15.0 Å². The van der Waals surface area contributed by atoms with Crippen molar-refractivity contribution in [2.45, 2.75) is 38.3 Å². The number of aryl methyl sites for hydroxylation is 1. The summed E-state index contributed by atoms with van der Waals surface area (Å²) in [5, 5.41) is 16.2. The number of fused-ring (bicyclic) bond motifs is 1. The van der Waals surface area contributed by atoms with E-state index in [0.29, 0.717) is 6.04 Å². The summed E-state index contributed by atoms with van der Waals surface area (Å²) in [5.41, 5.74) is 1.98. The van der Waals surface area contributed by atoms with Crippen LogP contribution in [0.5, 0.6) is 0 Å². The third-order valence-corrected chi connectivity index (χ3v) is 5.42. The quantitative estimate of drug-likeness (QED) is 0.799. The van der Waals surface area contributed by atoms with E-state index in [1.54, 1.807) is 11.3 Å². The molecule has 120 valence electrons. The Balaban J connectivity index is 1.53. The summed E-state index contributed by atoms with van der Waals surface area (Å²) in [4.78, 5) is 7.75. The number of aromatic nitrogens is 3. The Morgan fingerprint density at radius 1 is 1.35 bits per heavy atom. The van der Waals surface area contributed by atoms with Gasteiger partial charge in [0.2, 0.25) is 10.1 Å². The van der Waals surface area contributed by atoms with Crippen LogP contribution in [0.1, 0.15) is 36.6 Å². The molecule has 1 aliphatic rings. The van der Waals surface area contributed by atoms with Gasteiger partial charge in [-0.15, -0.1) is 5.10 Å². The molecule has 3 aromatic rings. The standard InChI is InChI=1S/C17H20N4OS/c1-12-11-21-16(18-12)23-17(19-21)20-9-5-8-14(20)10-15(22)13-6-3-2-4-7-13/h2-4,6-7,11,14-15,22H,5,8-10H2,1H3/t14-,15+/m1/s1. The molecule has 0 saturated carbocycles. The molecule has 0 radical (unpaired) electrons. The number of anilines is 1. The second-order valence-corrected chi connectivity index (χ2v) is 7.08. The molecule has 2 aromatic heterocycles. The maximum atomic E-state index is 10.5. The molecule has 1 N–H and O–H groups in total. The fraction of sp³-hybridized carbons (Fsp3) is 0.412. The zero-order valence-electron chi connectivity index (χ0n) is 13.1. The van der Waals surface area contributed by atoms with E-state index >= 15 is 0 Å². The molecule has 1 aliphatic heterocycles. The van der Waals surface area contributed by atoms with Gasteiger partial charge in [0.25, 0.3) is 0 Å². The van der Waals surface area contributed by atoms with Gasteiger partial charge in [0.15, 0.2) is 0 Å². The van der Waals surface area contributed by atoms with Crippen LogP contribution < -0.4 is 4.90 Å². The molecular weight excluding hydrogens is 308 g/mol. The van der Waals surface area contributed by atoms with Crippen LogP contribution in [0, 0.1) is 6.92 Å². The first-order valence-corrected chi connectivity index (χ1v) is 8.85. The largest absolute Gasteiger partial charge is 0.388 e. The number of aliphatic hydroxyl groups excluding tert-OH is 1. The first-order chi connectivity index (χ1) is 11.2. The smallest absolute Gasteiger partial charge is 0.214 e. The van der Waals surface area contributed by atoms with Crippen LogP contribution in [-0.2, 0) is 0 Å². The normalized spacial score (nSPS) is 19.6. The lowest BCUT2D eigenvalue weighted by Crippen LogP contribution is -2.30. The number of imidazole rings is 1. The van der Waals surface area contributed by atoms with Crippen LogP contribution in [-0.4, -0.2) is 32.3 Å². The van der Waals surface area contributed by atoms with Crippen LogP contribution in [0.15, 0.2) is 36.5 Å². The molecule has 0 unspecified atom stereocenters. The van der Waals surface area contributed by atoms with Crippen molar-refractivity contribution < 1.29 is 5.11 Å². The molecule has 23 heavy (non-hydrogen) atoms. The third kappa shape index (κ3) is 2.84. The predicted molar refractivity (Wildman–Crippen MR) is 92.0 cm³/mol. The molecule has 5 nitrogen and oxygen atoms in total. The summed E-state index contributed by atoms with van der Waals surface area (Å²) in [6, 6.07) is 10.2. The highest BCUT2D eigenvalue weighted by Gasteiger charge is 2.29. The Labute approximate surface area is 139 Å². The first kappa shape index (κ1) is 14.7. The van der Waals surface area contributed by atoms with E-state index in [9.17, 15) is 5.11 Å². The van der Waals surface area contributed by atoms with Crippen LogP contribution in [0.3, 0.4) is 0 Å². The summed E-state index contributed by atoms with van der Waals surface area (Å²) in [6.45, 7) is 2.98. The zero-order chi connectivity index (χ0) is 15.8. The van der Waals surface area contributed by atoms with Gasteiger partial charge in [0.05, 0.1) is 18.0 Å². The molecule has 0 bridgehead atoms. The number of nitrogens with zero attached hydrogens (tertiary/aromatic N) is 4. The molecule has 0 aliphatic carbocycles. The van der Waals surface area contributed by atoms with Gasteiger partial charge >= 0.3 is 0 Å². The summed E-state index contributed by atoms with van der Waals surface area (Å²) in [7, 11) is 0. The molecule has 0 amide bonds. The van der Waals surface area contributed by atoms with E-state index in [1.165, 1.54) is 0 Å². The molecule has 3 heterocycles. The summed E-state index contributed by atoms with van der Waals surface area (Å²) >= 11 is 1.63. The number of benzene rings is 1. The Morgan fingerprint density at radius 2 is 2.17 bits per heavy atom. The maximum absolute atomic E-state index is 10.5. The van der Waals surface area contributed by atoms with Crippen molar-refractivity contribution >= 4 is 21.4 Å². The van der Waals surface area contributed by atoms with E-state index in [1.807, 2.05) is 48.0 Å². The van der Waals surface area contributed by atoms with Crippen molar-refractivity contribution in [3.8, 4) is 0 Å². The average Bonchev–Trinajstić information content (AvgIpc) is 3.22. The summed E-state index contributed by atoms with van der Waals surface area (Å²) in [6.07, 6.45) is 4.52. The molecule has 6 heteroatoms. The molecule has 4 rings (SSSR count). The Kier molecular flexibility index (Phi) is 3.79. The molecule has 0 spiro atoms. The Bertz CT molecular complexity index is 766. The number of rotatable bonds is 4. The molecule has 1 fully saturated rings. The number of hydrogen-bond donors (Lipinski definition) is 1. The second-order valence-electron chi connectivity index (χ2n) is 6.15. The SMILES string of the molecule is Cc1cn2nc(N3CCC[C@@H]3C[C@H](O)c3ccccc3)sc2n1. The highest BCUT2D eigenvalue weighted by Crippen LogP contribution is 2.33. The van der Waals surface area contributed by atoms with Crippen LogP contribution in [0.2, 0.25) is 0 Å². The van der Waals surface area contributed by atoms with Gasteiger partial charge in [0, 0.05) is 12.6 Å². The Hall–Kier alpha value is -1.92. The lowest BCUT2D eigenvalue weighted by atomic mass is 10.0. The van der Waals surface area contributed by atoms with Crippen molar-refractivity contribution in [3.63, 3.8) is 0 Å². The highest BCUT2D eigenvalue weighted by molar-refractivity contribution is 7.20. The second kappa shape index (κ2) is 5.94. The lowest BCUT2D eigenvalue weighted by Gasteiger charge is -2.25. The topological polar surface area (TPSA) is 53.7 Å². The monoisotopic (exact) mass is 328 g/mol. The van der Waals surface area contributed by atoms with Crippen LogP contribution >= 0.6 is 11.3 Å². The number of hydrogen-bond acceptors (Lipinski definition) is 5. The molecule has 1 aromatic carbocycles. The fourth-order valence-corrected chi connectivity index (χ4v) is 4.34. The Morgan fingerprint density at radius 3 is 2.96 bits per heavy atom. The number of aliphatic hydroxyl groups is 1. The van der Waals surface area contributed by atoms with Crippen molar-refractivity contribution in [1.29, 1.82) is 0 Å². The van der Waals surface area contributed by atoms with Crippen LogP contribution in [0.25, 0.3) is 4.96 Å². The minimum atomic E-state index is -0.423. The maximum Gasteiger partial charge on any atom is 0.214 e. The van der Waals surface area contributed by atoms with E-state index in [-0.39, 0.29) is 0 Å². The van der Waals surface area contributed by atoms with Crippen molar-refractivity contribution in [2.24, 2.45) is 0 Å². The predicted octanol–water partition coefficient (Wildman–Crippen LogP) is 3.19. The molecule has 2 atom stereocenters. The van der Waals surface area contributed by atoms with Gasteiger partial charge in [-0.05, 0) is 31.7 Å². The van der Waals surface area contributed by atoms with Crippen molar-refractivity contribution in [3.05, 3.63) is 47.8 Å². The van der Waals surface area contributed by atoms with Gasteiger partial charge in [-0.1, -0.05) is 41.7 Å². The van der Waals surface area contributed by atoms with E-state index in [4.69, 9.17) is 0 Å². The van der Waals surface area contributed by atoms with Crippen LogP contribution in [0.4, 0.5) is 5.13 Å². The van der Waals surface area contributed by atoms with E-state index < -0.39 is 6.10 Å². The van der Waals surface area contributed by atoms with E-state index in [0.717, 1.165) is 47.2 Å². The molecular formula is C17H20N4OS. The van der Waals surface area contributed by atoms with Gasteiger partial charge < -0.3 is 10.0 Å². The lowest BCUT2D eigenvalue weighted by molar-refractivity contribution is 0.158. The fourth-order valence-electron chi connectivity index (χ4n) is 3.32. The van der Waals surface area contributed by atoms with Crippen molar-refractivity contribution in [2.75, 3.05) is 11.4 Å². The van der Waals surface area contributed by atoms with Gasteiger partial charge in [-0.3, -0.25) is 0 Å². The highest BCUT2D eigenvalue weighted by atomic mass is 32.1. The minimum Gasteiger partial charge on any atom is -0.388 e. The van der Waals surface area contributed by atoms with Crippen molar-refractivity contribution in [1.82, 2.24) is 14.6 Å².